The summed E-state index contributed by atoms with van der Waals surface area (Å²) >= 11 is 1.32. The third kappa shape index (κ3) is 4.26. The number of ether oxygens (including phenoxy) is 1. The van der Waals surface area contributed by atoms with E-state index >= 15 is 0 Å². The Balaban J connectivity index is 1.92. The first kappa shape index (κ1) is 15.9. The zero-order chi connectivity index (χ0) is 15.9. The highest BCUT2D eigenvalue weighted by Crippen LogP contribution is 2.18. The van der Waals surface area contributed by atoms with Crippen LogP contribution < -0.4 is 5.73 Å². The number of ketones is 1. The number of hydrogen-bond donors (Lipinski definition) is 1. The molecule has 1 atom stereocenters. The Hall–Kier alpha value is -2.47. The van der Waals surface area contributed by atoms with Gasteiger partial charge in [0.25, 0.3) is 5.91 Å². The van der Waals surface area contributed by atoms with Gasteiger partial charge in [-0.15, -0.1) is 11.3 Å². The second kappa shape index (κ2) is 7.51. The standard InChI is InChI=1S/C16H15NO4S/c17-16(20)15(11-5-2-1-3-6-11)21-14(19)9-8-12(18)13-7-4-10-22-13/h1-7,10,15H,8-9H2,(H2,17,20)/t15-/m1/s1. The Kier molecular flexibility index (Phi) is 5.43. The van der Waals surface area contributed by atoms with Crippen molar-refractivity contribution in [2.45, 2.75) is 18.9 Å². The maximum Gasteiger partial charge on any atom is 0.307 e. The van der Waals surface area contributed by atoms with Crippen molar-refractivity contribution >= 4 is 29.0 Å². The minimum Gasteiger partial charge on any atom is -0.447 e. The minimum absolute atomic E-state index is 0.0413. The van der Waals surface area contributed by atoms with Crippen LogP contribution in [-0.2, 0) is 14.3 Å². The number of Topliss-reactive ketones (excluding diaryl/α,β-unsaturated/α-hetero) is 1. The lowest BCUT2D eigenvalue weighted by atomic mass is 10.1. The molecule has 1 amide bonds. The first-order valence-corrected chi connectivity index (χ1v) is 7.56. The third-order valence-electron chi connectivity index (χ3n) is 2.96. The smallest absolute Gasteiger partial charge is 0.307 e. The van der Waals surface area contributed by atoms with Gasteiger partial charge in [0.05, 0.1) is 11.3 Å². The van der Waals surface area contributed by atoms with Crippen molar-refractivity contribution < 1.29 is 19.1 Å². The topological polar surface area (TPSA) is 86.5 Å². The van der Waals surface area contributed by atoms with E-state index < -0.39 is 18.0 Å². The van der Waals surface area contributed by atoms with Crippen molar-refractivity contribution in [3.63, 3.8) is 0 Å². The zero-order valence-corrected chi connectivity index (χ0v) is 12.5. The van der Waals surface area contributed by atoms with Crippen molar-refractivity contribution in [3.05, 3.63) is 58.3 Å². The summed E-state index contributed by atoms with van der Waals surface area (Å²) in [5, 5.41) is 1.80. The molecule has 0 aliphatic carbocycles. The maximum atomic E-state index is 11.8. The molecule has 0 radical (unpaired) electrons. The molecule has 1 aromatic heterocycles. The number of thiophene rings is 1. The Morgan fingerprint density at radius 1 is 1.05 bits per heavy atom. The van der Waals surface area contributed by atoms with E-state index in [2.05, 4.69) is 0 Å². The molecule has 0 aliphatic rings. The number of esters is 1. The summed E-state index contributed by atoms with van der Waals surface area (Å²) in [7, 11) is 0. The molecule has 0 aliphatic heterocycles. The van der Waals surface area contributed by atoms with Crippen LogP contribution in [0.2, 0.25) is 0 Å². The largest absolute Gasteiger partial charge is 0.447 e. The average molecular weight is 317 g/mol. The van der Waals surface area contributed by atoms with Gasteiger partial charge in [-0.2, -0.15) is 0 Å². The fourth-order valence-corrected chi connectivity index (χ4v) is 2.58. The summed E-state index contributed by atoms with van der Waals surface area (Å²) in [6.45, 7) is 0. The lowest BCUT2D eigenvalue weighted by Gasteiger charge is -2.14. The highest BCUT2D eigenvalue weighted by atomic mass is 32.1. The quantitative estimate of drug-likeness (QED) is 0.628. The van der Waals surface area contributed by atoms with Gasteiger partial charge in [0.2, 0.25) is 6.10 Å². The predicted octanol–water partition coefficient (Wildman–Crippen LogP) is 2.48. The van der Waals surface area contributed by atoms with Crippen LogP contribution in [0.3, 0.4) is 0 Å². The van der Waals surface area contributed by atoms with E-state index in [-0.39, 0.29) is 18.6 Å². The molecule has 0 bridgehead atoms. The molecule has 0 saturated carbocycles. The molecule has 2 rings (SSSR count). The summed E-state index contributed by atoms with van der Waals surface area (Å²) in [6, 6.07) is 12.0. The van der Waals surface area contributed by atoms with E-state index in [1.807, 2.05) is 0 Å². The highest BCUT2D eigenvalue weighted by Gasteiger charge is 2.22. The first-order valence-electron chi connectivity index (χ1n) is 6.68. The molecule has 2 aromatic rings. The molecule has 22 heavy (non-hydrogen) atoms. The predicted molar refractivity (Wildman–Crippen MR) is 82.4 cm³/mol. The van der Waals surface area contributed by atoms with Crippen LogP contribution in [0, 0.1) is 0 Å². The number of benzene rings is 1. The lowest BCUT2D eigenvalue weighted by Crippen LogP contribution is -2.26. The fraction of sp³-hybridized carbons (Fsp3) is 0.188. The van der Waals surface area contributed by atoms with Crippen LogP contribution in [0.25, 0.3) is 0 Å². The van der Waals surface area contributed by atoms with E-state index in [9.17, 15) is 14.4 Å². The Labute approximate surface area is 131 Å². The minimum atomic E-state index is -1.13. The van der Waals surface area contributed by atoms with E-state index in [0.717, 1.165) is 0 Å². The SMILES string of the molecule is NC(=O)[C@H](OC(=O)CCC(=O)c1cccs1)c1ccccc1. The summed E-state index contributed by atoms with van der Waals surface area (Å²) in [4.78, 5) is 35.7. The average Bonchev–Trinajstić information content (AvgIpc) is 3.05. The number of rotatable bonds is 7. The summed E-state index contributed by atoms with van der Waals surface area (Å²) in [6.07, 6.45) is -1.18. The van der Waals surface area contributed by atoms with Gasteiger partial charge in [-0.25, -0.2) is 0 Å². The van der Waals surface area contributed by atoms with E-state index in [4.69, 9.17) is 10.5 Å². The Morgan fingerprint density at radius 2 is 1.77 bits per heavy atom. The van der Waals surface area contributed by atoms with Crippen LogP contribution in [0.4, 0.5) is 0 Å². The number of amides is 1. The van der Waals surface area contributed by atoms with Crippen LogP contribution in [0.1, 0.15) is 34.2 Å². The highest BCUT2D eigenvalue weighted by molar-refractivity contribution is 7.12. The summed E-state index contributed by atoms with van der Waals surface area (Å²) < 4.78 is 5.10. The van der Waals surface area contributed by atoms with Crippen LogP contribution in [0.15, 0.2) is 47.8 Å². The van der Waals surface area contributed by atoms with Crippen molar-refractivity contribution in [2.75, 3.05) is 0 Å². The van der Waals surface area contributed by atoms with Crippen LogP contribution in [0.5, 0.6) is 0 Å². The zero-order valence-electron chi connectivity index (χ0n) is 11.7. The van der Waals surface area contributed by atoms with E-state index in [1.54, 1.807) is 47.8 Å². The molecule has 0 saturated heterocycles. The lowest BCUT2D eigenvalue weighted by molar-refractivity contribution is -0.155. The van der Waals surface area contributed by atoms with Crippen molar-refractivity contribution in [2.24, 2.45) is 5.73 Å². The van der Waals surface area contributed by atoms with Gasteiger partial charge in [0, 0.05) is 12.0 Å². The van der Waals surface area contributed by atoms with Gasteiger partial charge >= 0.3 is 5.97 Å². The molecule has 114 valence electrons. The molecule has 0 unspecified atom stereocenters. The van der Waals surface area contributed by atoms with E-state index in [0.29, 0.717) is 10.4 Å². The van der Waals surface area contributed by atoms with Gasteiger partial charge in [-0.1, -0.05) is 36.4 Å². The number of carbonyl (C=O) groups excluding carboxylic acids is 3. The summed E-state index contributed by atoms with van der Waals surface area (Å²) in [5.41, 5.74) is 5.78. The Morgan fingerprint density at radius 3 is 2.36 bits per heavy atom. The third-order valence-corrected chi connectivity index (χ3v) is 3.87. The maximum absolute atomic E-state index is 11.8. The van der Waals surface area contributed by atoms with Gasteiger partial charge in [-0.3, -0.25) is 14.4 Å². The molecule has 0 spiro atoms. The van der Waals surface area contributed by atoms with Crippen LogP contribution >= 0.6 is 11.3 Å². The van der Waals surface area contributed by atoms with Crippen molar-refractivity contribution in [1.82, 2.24) is 0 Å². The molecule has 2 N–H and O–H groups in total. The molecule has 1 aromatic carbocycles. The normalized spacial score (nSPS) is 11.6. The second-order valence-corrected chi connectivity index (χ2v) is 5.53. The molecule has 5 nitrogen and oxygen atoms in total. The van der Waals surface area contributed by atoms with Crippen LogP contribution in [-0.4, -0.2) is 17.7 Å². The van der Waals surface area contributed by atoms with Gasteiger partial charge < -0.3 is 10.5 Å². The van der Waals surface area contributed by atoms with Gasteiger partial charge in [0.15, 0.2) is 5.78 Å². The molecular weight excluding hydrogens is 302 g/mol. The van der Waals surface area contributed by atoms with E-state index in [1.165, 1.54) is 11.3 Å². The summed E-state index contributed by atoms with van der Waals surface area (Å²) in [5.74, 6) is -1.50. The van der Waals surface area contributed by atoms with Crippen molar-refractivity contribution in [1.29, 1.82) is 0 Å². The molecular formula is C16H15NO4S. The number of nitrogens with two attached hydrogens (primary N) is 1. The molecule has 0 fully saturated rings. The number of primary amides is 1. The number of carbonyl (C=O) groups is 3. The van der Waals surface area contributed by atoms with Gasteiger partial charge in [0.1, 0.15) is 0 Å². The Bertz CT molecular complexity index is 652. The van der Waals surface area contributed by atoms with Gasteiger partial charge in [-0.05, 0) is 11.4 Å². The molecule has 1 heterocycles. The van der Waals surface area contributed by atoms with Crippen molar-refractivity contribution in [3.8, 4) is 0 Å². The number of hydrogen-bond acceptors (Lipinski definition) is 5. The fourth-order valence-electron chi connectivity index (χ4n) is 1.88. The molecule has 6 heteroatoms. The second-order valence-electron chi connectivity index (χ2n) is 4.58. The monoisotopic (exact) mass is 317 g/mol. The first-order chi connectivity index (χ1) is 10.6.